The fourth-order valence-electron chi connectivity index (χ4n) is 1.34. The largest absolute Gasteiger partial charge is 0.409 e. The number of ketones is 1. The first-order valence-electron chi connectivity index (χ1n) is 5.60. The van der Waals surface area contributed by atoms with E-state index in [1.165, 1.54) is 7.05 Å². The highest BCUT2D eigenvalue weighted by atomic mass is 19.4. The summed E-state index contributed by atoms with van der Waals surface area (Å²) in [6, 6.07) is -0.882. The zero-order valence-corrected chi connectivity index (χ0v) is 9.88. The second kappa shape index (κ2) is 5.99. The molecule has 4 nitrogen and oxygen atoms in total. The van der Waals surface area contributed by atoms with Crippen LogP contribution < -0.4 is 10.6 Å². The van der Waals surface area contributed by atoms with Crippen molar-refractivity contribution in [2.75, 3.05) is 7.05 Å². The molecule has 1 fully saturated rings. The summed E-state index contributed by atoms with van der Waals surface area (Å²) in [5, 5.41) is 5.03. The van der Waals surface area contributed by atoms with E-state index in [0.29, 0.717) is 0 Å². The van der Waals surface area contributed by atoms with Gasteiger partial charge in [-0.15, -0.1) is 0 Å². The minimum atomic E-state index is -4.41. The SMILES string of the molecule is CNC(C/C=C\C(F)(F)F)C(=O)C(=O)NC1CC1. The third kappa shape index (κ3) is 5.31. The molecule has 7 heteroatoms. The predicted octanol–water partition coefficient (Wildman–Crippen LogP) is 0.931. The number of carbonyl (C=O) groups is 2. The number of halogens is 3. The molecule has 0 saturated heterocycles. The van der Waals surface area contributed by atoms with Crippen molar-refractivity contribution in [2.45, 2.75) is 37.5 Å². The van der Waals surface area contributed by atoms with E-state index < -0.39 is 23.9 Å². The maximum Gasteiger partial charge on any atom is 0.409 e. The first-order valence-corrected chi connectivity index (χ1v) is 5.60. The molecule has 0 aromatic carbocycles. The lowest BCUT2D eigenvalue weighted by Gasteiger charge is -2.12. The molecule has 0 bridgehead atoms. The van der Waals surface area contributed by atoms with Gasteiger partial charge in [0.15, 0.2) is 0 Å². The summed E-state index contributed by atoms with van der Waals surface area (Å²) in [5.74, 6) is -1.48. The van der Waals surface area contributed by atoms with Crippen LogP contribution in [-0.4, -0.2) is 37.0 Å². The summed E-state index contributed by atoms with van der Waals surface area (Å²) in [4.78, 5) is 23.0. The molecule has 1 aliphatic carbocycles. The van der Waals surface area contributed by atoms with Crippen molar-refractivity contribution in [3.63, 3.8) is 0 Å². The number of hydrogen-bond donors (Lipinski definition) is 2. The molecule has 0 heterocycles. The van der Waals surface area contributed by atoms with Crippen LogP contribution in [0.5, 0.6) is 0 Å². The lowest BCUT2D eigenvalue weighted by molar-refractivity contribution is -0.139. The van der Waals surface area contributed by atoms with Crippen LogP contribution in [-0.2, 0) is 9.59 Å². The van der Waals surface area contributed by atoms with Crippen molar-refractivity contribution in [2.24, 2.45) is 0 Å². The number of hydrogen-bond acceptors (Lipinski definition) is 3. The molecule has 0 aliphatic heterocycles. The first kappa shape index (κ1) is 14.7. The van der Waals surface area contributed by atoms with Gasteiger partial charge >= 0.3 is 6.18 Å². The molecule has 1 rings (SSSR count). The van der Waals surface area contributed by atoms with Crippen molar-refractivity contribution >= 4 is 11.7 Å². The van der Waals surface area contributed by atoms with Gasteiger partial charge in [0.05, 0.1) is 6.04 Å². The molecule has 0 radical (unpaired) electrons. The molecule has 2 N–H and O–H groups in total. The molecule has 0 aromatic rings. The molecular formula is C11H15F3N2O2. The van der Waals surface area contributed by atoms with Crippen LogP contribution in [0.15, 0.2) is 12.2 Å². The Morgan fingerprint density at radius 2 is 2.00 bits per heavy atom. The topological polar surface area (TPSA) is 58.2 Å². The van der Waals surface area contributed by atoms with Crippen LogP contribution in [0.25, 0.3) is 0 Å². The fraction of sp³-hybridized carbons (Fsp3) is 0.636. The zero-order valence-electron chi connectivity index (χ0n) is 9.88. The predicted molar refractivity (Wildman–Crippen MR) is 58.8 cm³/mol. The Morgan fingerprint density at radius 1 is 1.39 bits per heavy atom. The highest BCUT2D eigenvalue weighted by Gasteiger charge is 2.29. The summed E-state index contributed by atoms with van der Waals surface area (Å²) >= 11 is 0. The number of allylic oxidation sites excluding steroid dienone is 1. The van der Waals surface area contributed by atoms with Gasteiger partial charge in [-0.2, -0.15) is 13.2 Å². The van der Waals surface area contributed by atoms with E-state index in [-0.39, 0.29) is 18.5 Å². The Bertz CT molecular complexity index is 349. The van der Waals surface area contributed by atoms with Gasteiger partial charge in [0.2, 0.25) is 5.78 Å². The molecule has 0 spiro atoms. The zero-order chi connectivity index (χ0) is 13.8. The lowest BCUT2D eigenvalue weighted by Crippen LogP contribution is -2.44. The summed E-state index contributed by atoms with van der Waals surface area (Å²) in [5.41, 5.74) is 0. The Morgan fingerprint density at radius 3 is 2.44 bits per heavy atom. The number of Topliss-reactive ketones (excluding diaryl/α,β-unsaturated/α-hetero) is 1. The van der Waals surface area contributed by atoms with Gasteiger partial charge in [-0.25, -0.2) is 0 Å². The van der Waals surface area contributed by atoms with E-state index in [2.05, 4.69) is 10.6 Å². The molecule has 1 atom stereocenters. The fourth-order valence-corrected chi connectivity index (χ4v) is 1.34. The summed E-state index contributed by atoms with van der Waals surface area (Å²) < 4.78 is 35.6. The minimum Gasteiger partial charge on any atom is -0.347 e. The average Bonchev–Trinajstić information content (AvgIpc) is 3.05. The van der Waals surface area contributed by atoms with Gasteiger partial charge in [0.1, 0.15) is 0 Å². The highest BCUT2D eigenvalue weighted by Crippen LogP contribution is 2.19. The van der Waals surface area contributed by atoms with Crippen LogP contribution >= 0.6 is 0 Å². The van der Waals surface area contributed by atoms with Crippen molar-refractivity contribution < 1.29 is 22.8 Å². The van der Waals surface area contributed by atoms with Gasteiger partial charge in [0, 0.05) is 12.1 Å². The Kier molecular flexibility index (Phi) is 4.89. The van der Waals surface area contributed by atoms with Crippen molar-refractivity contribution in [1.82, 2.24) is 10.6 Å². The Balaban J connectivity index is 2.46. The molecule has 18 heavy (non-hydrogen) atoms. The molecule has 1 saturated carbocycles. The Hall–Kier alpha value is -1.37. The van der Waals surface area contributed by atoms with Gasteiger partial charge in [-0.05, 0) is 26.3 Å². The average molecular weight is 264 g/mol. The third-order valence-corrected chi connectivity index (χ3v) is 2.48. The number of carbonyl (C=O) groups excluding carboxylic acids is 2. The second-order valence-corrected chi connectivity index (χ2v) is 4.13. The molecule has 1 unspecified atom stereocenters. The molecule has 1 amide bonds. The van der Waals surface area contributed by atoms with Crippen molar-refractivity contribution in [1.29, 1.82) is 0 Å². The van der Waals surface area contributed by atoms with E-state index in [0.717, 1.165) is 18.9 Å². The van der Waals surface area contributed by atoms with E-state index >= 15 is 0 Å². The maximum atomic E-state index is 11.9. The summed E-state index contributed by atoms with van der Waals surface area (Å²) in [6.45, 7) is 0. The Labute approximate surface area is 103 Å². The molecule has 102 valence electrons. The second-order valence-electron chi connectivity index (χ2n) is 4.13. The van der Waals surface area contributed by atoms with E-state index in [1.807, 2.05) is 0 Å². The van der Waals surface area contributed by atoms with Crippen LogP contribution in [0.1, 0.15) is 19.3 Å². The number of amides is 1. The monoisotopic (exact) mass is 264 g/mol. The van der Waals surface area contributed by atoms with Gasteiger partial charge in [0.25, 0.3) is 5.91 Å². The minimum absolute atomic E-state index is 0.0460. The lowest BCUT2D eigenvalue weighted by atomic mass is 10.1. The number of likely N-dealkylation sites (N-methyl/N-ethyl adjacent to an activating group) is 1. The van der Waals surface area contributed by atoms with Crippen LogP contribution in [0.2, 0.25) is 0 Å². The van der Waals surface area contributed by atoms with Crippen LogP contribution in [0.4, 0.5) is 13.2 Å². The van der Waals surface area contributed by atoms with Crippen LogP contribution in [0, 0.1) is 0 Å². The first-order chi connectivity index (χ1) is 8.33. The van der Waals surface area contributed by atoms with E-state index in [4.69, 9.17) is 0 Å². The van der Waals surface area contributed by atoms with Crippen molar-refractivity contribution in [3.05, 3.63) is 12.2 Å². The van der Waals surface area contributed by atoms with Gasteiger partial charge in [-0.3, -0.25) is 9.59 Å². The normalized spacial score (nSPS) is 17.8. The van der Waals surface area contributed by atoms with Crippen molar-refractivity contribution in [3.8, 4) is 0 Å². The van der Waals surface area contributed by atoms with E-state index in [9.17, 15) is 22.8 Å². The molecule has 1 aliphatic rings. The quantitative estimate of drug-likeness (QED) is 0.554. The van der Waals surface area contributed by atoms with Crippen LogP contribution in [0.3, 0.4) is 0 Å². The standard InChI is InChI=1S/C11H15F3N2O2/c1-15-8(3-2-6-11(12,13)14)9(17)10(18)16-7-4-5-7/h2,6-8,15H,3-5H2,1H3,(H,16,18)/b6-2-. The summed E-state index contributed by atoms with van der Waals surface area (Å²) in [6.07, 6.45) is -1.99. The number of nitrogens with one attached hydrogen (secondary N) is 2. The van der Waals surface area contributed by atoms with Gasteiger partial charge in [-0.1, -0.05) is 6.08 Å². The van der Waals surface area contributed by atoms with Gasteiger partial charge < -0.3 is 10.6 Å². The molecule has 0 aromatic heterocycles. The number of alkyl halides is 3. The smallest absolute Gasteiger partial charge is 0.347 e. The third-order valence-electron chi connectivity index (χ3n) is 2.48. The molecular weight excluding hydrogens is 249 g/mol. The highest BCUT2D eigenvalue weighted by molar-refractivity contribution is 6.38. The summed E-state index contributed by atoms with van der Waals surface area (Å²) in [7, 11) is 1.42. The number of rotatable bonds is 6. The maximum absolute atomic E-state index is 11.9. The van der Waals surface area contributed by atoms with E-state index in [1.54, 1.807) is 0 Å².